The normalized spacial score (nSPS) is 18.9. The molecule has 0 saturated carbocycles. The minimum Gasteiger partial charge on any atom is -0.365 e. The van der Waals surface area contributed by atoms with Crippen molar-refractivity contribution in [2.45, 2.75) is 38.6 Å². The fraction of sp³-hybridized carbons (Fsp3) is 0.400. The van der Waals surface area contributed by atoms with E-state index < -0.39 is 0 Å². The van der Waals surface area contributed by atoms with Crippen LogP contribution >= 0.6 is 0 Å². The minimum atomic E-state index is 0.306. The Morgan fingerprint density at radius 2 is 2.28 bits per heavy atom. The maximum Gasteiger partial charge on any atom is 0.212 e. The predicted octanol–water partition coefficient (Wildman–Crippen LogP) is 2.65. The average Bonchev–Trinajstić information content (AvgIpc) is 2.40. The van der Waals surface area contributed by atoms with Gasteiger partial charge in [-0.25, -0.2) is 0 Å². The lowest BCUT2D eigenvalue weighted by molar-refractivity contribution is -0.109. The maximum atomic E-state index is 10.6. The Bertz CT molecular complexity index is 440. The summed E-state index contributed by atoms with van der Waals surface area (Å²) in [6.07, 6.45) is 7.09. The predicted molar refractivity (Wildman–Crippen MR) is 72.8 cm³/mol. The van der Waals surface area contributed by atoms with Crippen LogP contribution in [0.1, 0.15) is 43.4 Å². The molecule has 1 amide bonds. The highest BCUT2D eigenvalue weighted by molar-refractivity contribution is 5.49. The zero-order valence-electron chi connectivity index (χ0n) is 10.8. The zero-order chi connectivity index (χ0) is 12.8. The molecule has 0 bridgehead atoms. The van der Waals surface area contributed by atoms with Crippen LogP contribution in [-0.4, -0.2) is 6.41 Å². The smallest absolute Gasteiger partial charge is 0.212 e. The van der Waals surface area contributed by atoms with E-state index in [4.69, 9.17) is 0 Å². The van der Waals surface area contributed by atoms with Gasteiger partial charge in [-0.15, -0.1) is 0 Å². The number of amides is 1. The number of fused-ring (bicyclic) bond motifs is 1. The Balaban J connectivity index is 2.15. The average molecular weight is 244 g/mol. The summed E-state index contributed by atoms with van der Waals surface area (Å²) in [7, 11) is 0. The second-order valence-corrected chi connectivity index (χ2v) is 4.58. The summed E-state index contributed by atoms with van der Waals surface area (Å²) >= 11 is 0. The molecule has 0 fully saturated rings. The molecule has 1 atom stereocenters. The van der Waals surface area contributed by atoms with E-state index in [1.165, 1.54) is 17.5 Å². The fourth-order valence-electron chi connectivity index (χ4n) is 2.52. The van der Waals surface area contributed by atoms with Gasteiger partial charge < -0.3 is 10.6 Å². The molecule has 0 aromatic heterocycles. The Morgan fingerprint density at radius 3 is 3.06 bits per heavy atom. The molecule has 2 N–H and O–H groups in total. The lowest BCUT2D eigenvalue weighted by Crippen LogP contribution is -2.31. The summed E-state index contributed by atoms with van der Waals surface area (Å²) in [5.41, 5.74) is 2.78. The minimum absolute atomic E-state index is 0.306. The van der Waals surface area contributed by atoms with E-state index in [0.29, 0.717) is 6.04 Å². The third kappa shape index (κ3) is 2.92. The van der Waals surface area contributed by atoms with E-state index in [1.54, 1.807) is 0 Å². The summed E-state index contributed by atoms with van der Waals surface area (Å²) in [4.78, 5) is 10.6. The Labute approximate surface area is 108 Å². The highest BCUT2D eigenvalue weighted by Crippen LogP contribution is 2.29. The molecule has 0 heterocycles. The lowest BCUT2D eigenvalue weighted by atomic mass is 9.88. The first-order valence-electron chi connectivity index (χ1n) is 6.59. The van der Waals surface area contributed by atoms with Crippen molar-refractivity contribution in [2.75, 3.05) is 0 Å². The highest BCUT2D eigenvalue weighted by atomic mass is 16.1. The van der Waals surface area contributed by atoms with Gasteiger partial charge in [0.15, 0.2) is 0 Å². The van der Waals surface area contributed by atoms with Crippen molar-refractivity contribution in [1.82, 2.24) is 10.6 Å². The number of nitrogens with one attached hydrogen (secondary N) is 2. The van der Waals surface area contributed by atoms with Crippen LogP contribution in [0.5, 0.6) is 0 Å². The van der Waals surface area contributed by atoms with Gasteiger partial charge in [-0.3, -0.25) is 4.79 Å². The quantitative estimate of drug-likeness (QED) is 0.782. The van der Waals surface area contributed by atoms with Crippen LogP contribution < -0.4 is 10.6 Å². The van der Waals surface area contributed by atoms with Crippen molar-refractivity contribution in [2.24, 2.45) is 0 Å². The summed E-state index contributed by atoms with van der Waals surface area (Å²) in [5.74, 6) is 0.814. The van der Waals surface area contributed by atoms with Crippen LogP contribution in [0, 0.1) is 0 Å². The molecule has 1 unspecified atom stereocenters. The van der Waals surface area contributed by atoms with Gasteiger partial charge in [-0.1, -0.05) is 31.2 Å². The molecule has 1 aromatic rings. The number of hydrogen-bond donors (Lipinski definition) is 2. The van der Waals surface area contributed by atoms with E-state index in [-0.39, 0.29) is 0 Å². The second-order valence-electron chi connectivity index (χ2n) is 4.58. The summed E-state index contributed by atoms with van der Waals surface area (Å²) < 4.78 is 0. The second kappa shape index (κ2) is 6.24. The molecule has 2 rings (SSSR count). The maximum absolute atomic E-state index is 10.6. The number of allylic oxidation sites excluding steroid dienone is 1. The number of hydrogen-bond acceptors (Lipinski definition) is 2. The van der Waals surface area contributed by atoms with Crippen LogP contribution in [0.15, 0.2) is 36.2 Å². The zero-order valence-corrected chi connectivity index (χ0v) is 10.8. The topological polar surface area (TPSA) is 41.1 Å². The third-order valence-corrected chi connectivity index (χ3v) is 3.32. The van der Waals surface area contributed by atoms with E-state index in [0.717, 1.165) is 31.5 Å². The van der Waals surface area contributed by atoms with Gasteiger partial charge in [0.05, 0.1) is 6.04 Å². The first-order chi connectivity index (χ1) is 8.85. The third-order valence-electron chi connectivity index (χ3n) is 3.32. The van der Waals surface area contributed by atoms with Crippen molar-refractivity contribution in [3.05, 3.63) is 47.3 Å². The number of benzene rings is 1. The first-order valence-corrected chi connectivity index (χ1v) is 6.59. The standard InChI is InChI=1S/C15H20N2O/c1-2-6-15(16-11-18)17-14-10-5-8-12-7-3-4-9-13(12)14/h3-4,6-7,9,11,14,17H,2,5,8,10H2,1H3,(H,16,18)/b15-6+. The lowest BCUT2D eigenvalue weighted by Gasteiger charge is -2.28. The van der Waals surface area contributed by atoms with Crippen LogP contribution in [0.3, 0.4) is 0 Å². The highest BCUT2D eigenvalue weighted by Gasteiger charge is 2.19. The molecule has 0 radical (unpaired) electrons. The van der Waals surface area contributed by atoms with Crippen LogP contribution in [0.2, 0.25) is 0 Å². The van der Waals surface area contributed by atoms with Gasteiger partial charge in [0.2, 0.25) is 6.41 Å². The Morgan fingerprint density at radius 1 is 1.44 bits per heavy atom. The Hall–Kier alpha value is -1.77. The van der Waals surface area contributed by atoms with E-state index >= 15 is 0 Å². The molecule has 0 saturated heterocycles. The number of aryl methyl sites for hydroxylation is 1. The molecule has 1 aromatic carbocycles. The molecular weight excluding hydrogens is 224 g/mol. The van der Waals surface area contributed by atoms with Crippen LogP contribution in [0.25, 0.3) is 0 Å². The molecule has 96 valence electrons. The molecule has 3 heteroatoms. The summed E-state index contributed by atoms with van der Waals surface area (Å²) in [5, 5.41) is 6.16. The largest absolute Gasteiger partial charge is 0.365 e. The van der Waals surface area contributed by atoms with Crippen molar-refractivity contribution >= 4 is 6.41 Å². The monoisotopic (exact) mass is 244 g/mol. The van der Waals surface area contributed by atoms with Crippen molar-refractivity contribution < 1.29 is 4.79 Å². The molecule has 1 aliphatic carbocycles. The summed E-state index contributed by atoms with van der Waals surface area (Å²) in [6, 6.07) is 8.85. The molecule has 0 spiro atoms. The number of carbonyl (C=O) groups excluding carboxylic acids is 1. The number of rotatable bonds is 5. The molecule has 3 nitrogen and oxygen atoms in total. The summed E-state index contributed by atoms with van der Waals surface area (Å²) in [6.45, 7) is 2.06. The van der Waals surface area contributed by atoms with E-state index in [2.05, 4.69) is 41.8 Å². The van der Waals surface area contributed by atoms with Gasteiger partial charge in [-0.05, 0) is 42.9 Å². The SMILES string of the molecule is CC/C=C(\NC=O)NC1CCCc2ccccc21. The molecule has 1 aliphatic rings. The van der Waals surface area contributed by atoms with Gasteiger partial charge >= 0.3 is 0 Å². The van der Waals surface area contributed by atoms with Gasteiger partial charge in [-0.2, -0.15) is 0 Å². The van der Waals surface area contributed by atoms with Crippen molar-refractivity contribution in [3.8, 4) is 0 Å². The molecular formula is C15H20N2O. The van der Waals surface area contributed by atoms with Gasteiger partial charge in [0, 0.05) is 0 Å². The van der Waals surface area contributed by atoms with Crippen molar-refractivity contribution in [1.29, 1.82) is 0 Å². The van der Waals surface area contributed by atoms with Crippen molar-refractivity contribution in [3.63, 3.8) is 0 Å². The van der Waals surface area contributed by atoms with Gasteiger partial charge in [0.1, 0.15) is 5.82 Å². The number of carbonyl (C=O) groups is 1. The van der Waals surface area contributed by atoms with E-state index in [9.17, 15) is 4.79 Å². The van der Waals surface area contributed by atoms with Crippen LogP contribution in [0.4, 0.5) is 0 Å². The molecule has 0 aliphatic heterocycles. The van der Waals surface area contributed by atoms with Gasteiger partial charge in [0.25, 0.3) is 0 Å². The van der Waals surface area contributed by atoms with E-state index in [1.807, 2.05) is 6.08 Å². The first kappa shape index (κ1) is 12.7. The van der Waals surface area contributed by atoms with Crippen LogP contribution in [-0.2, 0) is 11.2 Å². The Kier molecular flexibility index (Phi) is 4.40. The molecule has 18 heavy (non-hydrogen) atoms. The fourth-order valence-corrected chi connectivity index (χ4v) is 2.52.